The zero-order valence-corrected chi connectivity index (χ0v) is 26.6. The van der Waals surface area contributed by atoms with E-state index in [2.05, 4.69) is 10.6 Å². The fraction of sp³-hybridized carbons (Fsp3) is 0.353. The first-order valence-electron chi connectivity index (χ1n) is 14.9. The zero-order chi connectivity index (χ0) is 33.4. The summed E-state index contributed by atoms with van der Waals surface area (Å²) in [5.74, 6) is -0.532. The largest absolute Gasteiger partial charge is 0.484 e. The van der Waals surface area contributed by atoms with E-state index in [1.807, 2.05) is 45.0 Å². The van der Waals surface area contributed by atoms with Crippen LogP contribution in [-0.4, -0.2) is 67.4 Å². The number of hydrogen-bond donors (Lipinski definition) is 3. The lowest BCUT2D eigenvalue weighted by molar-refractivity contribution is -0.142. The van der Waals surface area contributed by atoms with Crippen molar-refractivity contribution in [3.63, 3.8) is 0 Å². The van der Waals surface area contributed by atoms with E-state index >= 15 is 0 Å². The highest BCUT2D eigenvalue weighted by Gasteiger charge is 2.31. The van der Waals surface area contributed by atoms with E-state index in [0.717, 1.165) is 11.3 Å². The molecule has 3 aromatic carbocycles. The number of para-hydroxylation sites is 1. The van der Waals surface area contributed by atoms with E-state index < -0.39 is 29.9 Å². The summed E-state index contributed by atoms with van der Waals surface area (Å²) in [6, 6.07) is 17.2. The summed E-state index contributed by atoms with van der Waals surface area (Å²) in [4.78, 5) is 54.0. The molecule has 1 aliphatic rings. The fourth-order valence-electron chi connectivity index (χ4n) is 4.93. The van der Waals surface area contributed by atoms with E-state index in [1.165, 1.54) is 16.8 Å². The summed E-state index contributed by atoms with van der Waals surface area (Å²) in [6.45, 7) is 5.51. The van der Waals surface area contributed by atoms with E-state index in [-0.39, 0.29) is 31.8 Å². The SMILES string of the molecule is Cc1ccccc1NC(=O)N(C)c1ccc(OCC(=O)N(C)C(CC(C)C)C(=O)NC(CC(=O)O)c2ccc3c(c2)OCO3)cc1. The lowest BCUT2D eigenvalue weighted by atomic mass is 9.99. The number of carbonyl (C=O) groups is 4. The summed E-state index contributed by atoms with van der Waals surface area (Å²) in [5.41, 5.74) is 2.83. The molecule has 3 aromatic rings. The number of hydrogen-bond acceptors (Lipinski definition) is 7. The summed E-state index contributed by atoms with van der Waals surface area (Å²) >= 11 is 0. The van der Waals surface area contributed by atoms with Crippen molar-refractivity contribution >= 4 is 35.2 Å². The molecule has 0 aliphatic carbocycles. The first-order chi connectivity index (χ1) is 21.9. The molecule has 12 nitrogen and oxygen atoms in total. The molecular formula is C34H40N4O8. The van der Waals surface area contributed by atoms with Gasteiger partial charge in [-0.15, -0.1) is 0 Å². The van der Waals surface area contributed by atoms with Crippen molar-refractivity contribution in [2.75, 3.05) is 37.7 Å². The predicted octanol–water partition coefficient (Wildman–Crippen LogP) is 4.98. The van der Waals surface area contributed by atoms with E-state index in [4.69, 9.17) is 14.2 Å². The molecule has 0 bridgehead atoms. The van der Waals surface area contributed by atoms with Gasteiger partial charge in [-0.1, -0.05) is 38.1 Å². The summed E-state index contributed by atoms with van der Waals surface area (Å²) in [7, 11) is 3.17. The first kappa shape index (κ1) is 33.6. The first-order valence-corrected chi connectivity index (χ1v) is 14.9. The van der Waals surface area contributed by atoms with Crippen molar-refractivity contribution < 1.29 is 38.5 Å². The number of aryl methyl sites for hydroxylation is 1. The highest BCUT2D eigenvalue weighted by Crippen LogP contribution is 2.35. The van der Waals surface area contributed by atoms with Gasteiger partial charge in [-0.25, -0.2) is 4.79 Å². The van der Waals surface area contributed by atoms with Gasteiger partial charge >= 0.3 is 12.0 Å². The van der Waals surface area contributed by atoms with Crippen LogP contribution in [0.2, 0.25) is 0 Å². The van der Waals surface area contributed by atoms with E-state index in [0.29, 0.717) is 34.9 Å². The number of carbonyl (C=O) groups excluding carboxylic acids is 3. The Kier molecular flexibility index (Phi) is 11.1. The van der Waals surface area contributed by atoms with Crippen LogP contribution in [0, 0.1) is 12.8 Å². The Morgan fingerprint density at radius 3 is 2.33 bits per heavy atom. The third-order valence-corrected chi connectivity index (χ3v) is 7.63. The van der Waals surface area contributed by atoms with Crippen LogP contribution in [0.1, 0.15) is 43.9 Å². The average Bonchev–Trinajstić information content (AvgIpc) is 3.50. The Morgan fingerprint density at radius 1 is 0.957 bits per heavy atom. The maximum Gasteiger partial charge on any atom is 0.326 e. The molecule has 0 spiro atoms. The standard InChI is InChI=1S/C34H40N4O8/c1-21(2)16-28(33(42)35-27(18-32(40)41)23-10-15-29-30(17-23)46-20-45-29)38(5)31(39)19-44-25-13-11-24(12-14-25)37(4)34(43)36-26-9-7-6-8-22(26)3/h6-15,17,21,27-28H,16,18-20H2,1-5H3,(H,35,42)(H,36,43)(H,40,41). The lowest BCUT2D eigenvalue weighted by Gasteiger charge is -2.30. The minimum Gasteiger partial charge on any atom is -0.484 e. The summed E-state index contributed by atoms with van der Waals surface area (Å²) in [6.07, 6.45) is -0.0140. The molecule has 12 heteroatoms. The molecule has 0 radical (unpaired) electrons. The van der Waals surface area contributed by atoms with E-state index in [9.17, 15) is 24.3 Å². The molecule has 4 amide bonds. The molecule has 0 aromatic heterocycles. The molecular weight excluding hydrogens is 592 g/mol. The number of likely N-dealkylation sites (N-methyl/N-ethyl adjacent to an activating group) is 1. The number of benzene rings is 3. The topological polar surface area (TPSA) is 147 Å². The molecule has 0 saturated carbocycles. The van der Waals surface area contributed by atoms with Gasteiger partial charge in [0.1, 0.15) is 11.8 Å². The third kappa shape index (κ3) is 8.68. The second-order valence-corrected chi connectivity index (χ2v) is 11.5. The fourth-order valence-corrected chi connectivity index (χ4v) is 4.93. The van der Waals surface area contributed by atoms with Crippen LogP contribution in [0.25, 0.3) is 0 Å². The number of carboxylic acids is 1. The van der Waals surface area contributed by atoms with Crippen LogP contribution in [0.15, 0.2) is 66.7 Å². The van der Waals surface area contributed by atoms with Crippen molar-refractivity contribution in [3.8, 4) is 17.2 Å². The zero-order valence-electron chi connectivity index (χ0n) is 26.6. The number of carboxylic acid groups (broad SMARTS) is 1. The molecule has 0 saturated heterocycles. The molecule has 2 unspecified atom stereocenters. The highest BCUT2D eigenvalue weighted by molar-refractivity contribution is 6.01. The average molecular weight is 633 g/mol. The molecule has 1 heterocycles. The van der Waals surface area contributed by atoms with Gasteiger partial charge in [-0.3, -0.25) is 19.3 Å². The molecule has 1 aliphatic heterocycles. The Bertz CT molecular complexity index is 1560. The third-order valence-electron chi connectivity index (χ3n) is 7.63. The van der Waals surface area contributed by atoms with Gasteiger partial charge in [0.15, 0.2) is 18.1 Å². The van der Waals surface area contributed by atoms with Crippen molar-refractivity contribution in [2.24, 2.45) is 5.92 Å². The van der Waals surface area contributed by atoms with E-state index in [1.54, 1.807) is 49.5 Å². The maximum atomic E-state index is 13.6. The maximum absolute atomic E-state index is 13.6. The number of aliphatic carboxylic acids is 1. The summed E-state index contributed by atoms with van der Waals surface area (Å²) in [5, 5.41) is 15.3. The van der Waals surface area contributed by atoms with Crippen LogP contribution in [0.4, 0.5) is 16.2 Å². The number of rotatable bonds is 13. The molecule has 46 heavy (non-hydrogen) atoms. The quantitative estimate of drug-likeness (QED) is 0.239. The Labute approximate surface area is 268 Å². The van der Waals surface area contributed by atoms with Gasteiger partial charge in [0.05, 0.1) is 12.5 Å². The molecule has 2 atom stereocenters. The minimum atomic E-state index is -1.09. The molecule has 0 fully saturated rings. The van der Waals surface area contributed by atoms with Gasteiger partial charge in [0.2, 0.25) is 12.7 Å². The molecule has 244 valence electrons. The number of fused-ring (bicyclic) bond motifs is 1. The van der Waals surface area contributed by atoms with Crippen LogP contribution < -0.4 is 29.7 Å². The second kappa shape index (κ2) is 15.2. The normalized spacial score (nSPS) is 13.0. The molecule has 4 rings (SSSR count). The minimum absolute atomic E-state index is 0.0583. The lowest BCUT2D eigenvalue weighted by Crippen LogP contribution is -2.50. The highest BCUT2D eigenvalue weighted by atomic mass is 16.7. The smallest absolute Gasteiger partial charge is 0.326 e. The van der Waals surface area contributed by atoms with Gasteiger partial charge in [-0.05, 0) is 72.9 Å². The van der Waals surface area contributed by atoms with Crippen LogP contribution in [0.5, 0.6) is 17.2 Å². The predicted molar refractivity (Wildman–Crippen MR) is 172 cm³/mol. The Morgan fingerprint density at radius 2 is 1.65 bits per heavy atom. The van der Waals surface area contributed by atoms with Gasteiger partial charge < -0.3 is 34.9 Å². The Balaban J connectivity index is 1.37. The second-order valence-electron chi connectivity index (χ2n) is 11.5. The van der Waals surface area contributed by atoms with Crippen molar-refractivity contribution in [2.45, 2.75) is 45.7 Å². The number of ether oxygens (including phenoxy) is 3. The van der Waals surface area contributed by atoms with Gasteiger partial charge in [0, 0.05) is 25.5 Å². The van der Waals surface area contributed by atoms with Crippen LogP contribution in [-0.2, 0) is 14.4 Å². The summed E-state index contributed by atoms with van der Waals surface area (Å²) < 4.78 is 16.5. The monoisotopic (exact) mass is 632 g/mol. The van der Waals surface area contributed by atoms with Crippen LogP contribution >= 0.6 is 0 Å². The van der Waals surface area contributed by atoms with Crippen molar-refractivity contribution in [3.05, 3.63) is 77.9 Å². The number of amides is 4. The van der Waals surface area contributed by atoms with Gasteiger partial charge in [-0.2, -0.15) is 0 Å². The van der Waals surface area contributed by atoms with Gasteiger partial charge in [0.25, 0.3) is 5.91 Å². The van der Waals surface area contributed by atoms with Crippen molar-refractivity contribution in [1.29, 1.82) is 0 Å². The number of nitrogens with zero attached hydrogens (tertiary/aromatic N) is 2. The number of urea groups is 1. The van der Waals surface area contributed by atoms with Crippen molar-refractivity contribution in [1.82, 2.24) is 10.2 Å². The van der Waals surface area contributed by atoms with Crippen LogP contribution in [0.3, 0.4) is 0 Å². The number of anilines is 2. The number of nitrogens with one attached hydrogen (secondary N) is 2. The molecule has 3 N–H and O–H groups in total. The Hall–Kier alpha value is -5.26.